The van der Waals surface area contributed by atoms with E-state index in [0.717, 1.165) is 39.2 Å². The molecule has 0 saturated heterocycles. The van der Waals surface area contributed by atoms with Gasteiger partial charge < -0.3 is 15.8 Å². The highest BCUT2D eigenvalue weighted by atomic mass is 79.9. The molecule has 0 atom stereocenters. The topological polar surface area (TPSA) is 60.2 Å². The Morgan fingerprint density at radius 2 is 1.83 bits per heavy atom. The van der Waals surface area contributed by atoms with E-state index in [4.69, 9.17) is 22.1 Å². The van der Waals surface area contributed by atoms with Gasteiger partial charge in [0.25, 0.3) is 0 Å². The van der Waals surface area contributed by atoms with Gasteiger partial charge in [0.15, 0.2) is 0 Å². The molecule has 1 aliphatic heterocycles. The molecule has 0 spiro atoms. The number of rotatable bonds is 3. The van der Waals surface area contributed by atoms with Gasteiger partial charge >= 0.3 is 0 Å². The summed E-state index contributed by atoms with van der Waals surface area (Å²) >= 11 is 11.2. The largest absolute Gasteiger partial charge is 0.496 e. The number of nitrogens with two attached hydrogens (primary N) is 1. The van der Waals surface area contributed by atoms with Crippen molar-refractivity contribution in [1.82, 2.24) is 4.98 Å². The Morgan fingerprint density at radius 3 is 2.33 bits per heavy atom. The van der Waals surface area contributed by atoms with Gasteiger partial charge in [-0.1, -0.05) is 66.0 Å². The van der Waals surface area contributed by atoms with Gasteiger partial charge in [-0.25, -0.2) is 4.98 Å². The van der Waals surface area contributed by atoms with Crippen LogP contribution in [-0.4, -0.2) is 24.2 Å². The summed E-state index contributed by atoms with van der Waals surface area (Å²) in [6.45, 7) is 13.5. The Labute approximate surface area is 200 Å². The Bertz CT molecular complexity index is 731. The van der Waals surface area contributed by atoms with Crippen molar-refractivity contribution in [2.45, 2.75) is 79.7 Å². The summed E-state index contributed by atoms with van der Waals surface area (Å²) in [4.78, 5) is 4.32. The average molecular weight is 521 g/mol. The van der Waals surface area contributed by atoms with Crippen LogP contribution in [0.15, 0.2) is 27.8 Å². The molecule has 2 aromatic rings. The van der Waals surface area contributed by atoms with E-state index in [1.165, 1.54) is 25.7 Å². The first kappa shape index (κ1) is 29.2. The quantitative estimate of drug-likeness (QED) is 0.399. The molecule has 0 radical (unpaired) electrons. The number of ether oxygens (including phenoxy) is 1. The third kappa shape index (κ3) is 9.99. The van der Waals surface area contributed by atoms with Crippen LogP contribution in [0.4, 0.5) is 5.69 Å². The number of anilines is 1. The fourth-order valence-corrected chi connectivity index (χ4v) is 4.56. The van der Waals surface area contributed by atoms with Gasteiger partial charge in [0.2, 0.25) is 0 Å². The average Bonchev–Trinajstić information content (AvgIpc) is 3.55. The molecule has 4 nitrogen and oxygen atoms in total. The lowest BCUT2D eigenvalue weighted by molar-refractivity contribution is 0.244. The van der Waals surface area contributed by atoms with Crippen LogP contribution in [-0.2, 0) is 4.74 Å². The van der Waals surface area contributed by atoms with Gasteiger partial charge in [-0.05, 0) is 34.8 Å². The number of aromatic nitrogens is 1. The monoisotopic (exact) mass is 519 g/mol. The van der Waals surface area contributed by atoms with Crippen molar-refractivity contribution in [2.75, 3.05) is 18.5 Å². The molecule has 1 fully saturated rings. The summed E-state index contributed by atoms with van der Waals surface area (Å²) in [5, 5.41) is 5.87. The number of fused-ring (bicyclic) bond motifs is 1. The molecule has 3 N–H and O–H groups in total. The minimum absolute atomic E-state index is 0.491. The molecule has 0 unspecified atom stereocenters. The van der Waals surface area contributed by atoms with Crippen molar-refractivity contribution in [1.29, 1.82) is 0 Å². The Hall–Kier alpha value is -0.820. The van der Waals surface area contributed by atoms with Crippen LogP contribution < -0.4 is 11.1 Å². The van der Waals surface area contributed by atoms with E-state index in [1.807, 2.05) is 53.0 Å². The van der Waals surface area contributed by atoms with Crippen LogP contribution in [0.3, 0.4) is 0 Å². The first-order valence-corrected chi connectivity index (χ1v) is 13.2. The van der Waals surface area contributed by atoms with Crippen molar-refractivity contribution >= 4 is 54.8 Å². The van der Waals surface area contributed by atoms with Crippen molar-refractivity contribution in [2.24, 2.45) is 5.73 Å². The van der Waals surface area contributed by atoms with E-state index in [2.05, 4.69) is 32.3 Å². The summed E-state index contributed by atoms with van der Waals surface area (Å²) in [7, 11) is 0. The zero-order chi connectivity index (χ0) is 22.9. The smallest absolute Gasteiger partial charge is 0.131 e. The first-order chi connectivity index (χ1) is 14.6. The molecule has 0 bridgehead atoms. The summed E-state index contributed by atoms with van der Waals surface area (Å²) in [6.07, 6.45) is 8.35. The molecule has 2 aromatic heterocycles. The van der Waals surface area contributed by atoms with Gasteiger partial charge in [0.1, 0.15) is 10.9 Å². The number of pyridine rings is 1. The molecule has 7 heteroatoms. The number of thiophene rings is 1. The molecular formula is C23H39BrClN3OS. The van der Waals surface area contributed by atoms with E-state index >= 15 is 0 Å². The second-order valence-corrected chi connectivity index (χ2v) is 8.08. The SMILES string of the molecule is CC.CC.CC.Clc1cc(NCC2=CCCO2)c2scc(Br)c2n1.NC1CCCC1. The predicted octanol–water partition coefficient (Wildman–Crippen LogP) is 8.39. The second kappa shape index (κ2) is 17.8. The predicted molar refractivity (Wildman–Crippen MR) is 140 cm³/mol. The van der Waals surface area contributed by atoms with Gasteiger partial charge in [-0.3, -0.25) is 0 Å². The second-order valence-electron chi connectivity index (χ2n) is 5.96. The van der Waals surface area contributed by atoms with Gasteiger partial charge in [-0.15, -0.1) is 11.3 Å². The van der Waals surface area contributed by atoms with Gasteiger partial charge in [0, 0.05) is 23.9 Å². The van der Waals surface area contributed by atoms with Crippen molar-refractivity contribution < 1.29 is 4.74 Å². The molecule has 0 amide bonds. The van der Waals surface area contributed by atoms with Crippen LogP contribution in [0.25, 0.3) is 10.2 Å². The zero-order valence-electron chi connectivity index (χ0n) is 19.4. The molecular weight excluding hydrogens is 482 g/mol. The van der Waals surface area contributed by atoms with Crippen LogP contribution in [0.1, 0.15) is 73.6 Å². The lowest BCUT2D eigenvalue weighted by atomic mass is 10.3. The van der Waals surface area contributed by atoms with E-state index in [9.17, 15) is 0 Å². The molecule has 3 heterocycles. The summed E-state index contributed by atoms with van der Waals surface area (Å²) < 4.78 is 7.54. The minimum atomic E-state index is 0.491. The minimum Gasteiger partial charge on any atom is -0.496 e. The number of halogens is 2. The molecule has 30 heavy (non-hydrogen) atoms. The highest BCUT2D eigenvalue weighted by molar-refractivity contribution is 9.10. The molecule has 1 aliphatic carbocycles. The zero-order valence-corrected chi connectivity index (χ0v) is 22.5. The maximum Gasteiger partial charge on any atom is 0.131 e. The third-order valence-corrected chi connectivity index (χ3v) is 6.18. The van der Waals surface area contributed by atoms with Crippen LogP contribution in [0.2, 0.25) is 5.15 Å². The van der Waals surface area contributed by atoms with Crippen molar-refractivity contribution in [3.05, 3.63) is 32.9 Å². The van der Waals surface area contributed by atoms with Crippen molar-refractivity contribution in [3.63, 3.8) is 0 Å². The molecule has 2 aliphatic rings. The van der Waals surface area contributed by atoms with Crippen LogP contribution >= 0.6 is 38.9 Å². The standard InChI is InChI=1S/C12H10BrClN2OS.C5H11N.3C2H6/c13-8-6-18-12-9(4-10(14)16-11(8)12)15-5-7-2-1-3-17-7;6-5-3-1-2-4-5;3*1-2/h2,4,6H,1,3,5H2,(H,15,16);5H,1-4,6H2;3*1-2H3. The summed E-state index contributed by atoms with van der Waals surface area (Å²) in [5.74, 6) is 0.992. The lowest BCUT2D eigenvalue weighted by Crippen LogP contribution is -2.13. The van der Waals surface area contributed by atoms with E-state index in [0.29, 0.717) is 17.7 Å². The highest BCUT2D eigenvalue weighted by Crippen LogP contribution is 2.35. The maximum absolute atomic E-state index is 6.03. The third-order valence-electron chi connectivity index (χ3n) is 4.08. The molecule has 0 aromatic carbocycles. The number of hydrogen-bond acceptors (Lipinski definition) is 5. The molecule has 1 saturated carbocycles. The van der Waals surface area contributed by atoms with E-state index in [1.54, 1.807) is 11.3 Å². The summed E-state index contributed by atoms with van der Waals surface area (Å²) in [5.41, 5.74) is 7.43. The Morgan fingerprint density at radius 1 is 1.20 bits per heavy atom. The fourth-order valence-electron chi connectivity index (χ4n) is 2.81. The Balaban J connectivity index is 0.000000587. The fraction of sp³-hybridized carbons (Fsp3) is 0.609. The number of nitrogens with one attached hydrogen (secondary N) is 1. The maximum atomic E-state index is 6.03. The number of hydrogen-bond donors (Lipinski definition) is 2. The highest BCUT2D eigenvalue weighted by Gasteiger charge is 2.11. The molecule has 4 rings (SSSR count). The lowest BCUT2D eigenvalue weighted by Gasteiger charge is -2.09. The number of nitrogens with zero attached hydrogens (tertiary/aromatic N) is 1. The van der Waals surface area contributed by atoms with Crippen molar-refractivity contribution in [3.8, 4) is 0 Å². The van der Waals surface area contributed by atoms with Gasteiger partial charge in [-0.2, -0.15) is 0 Å². The normalized spacial score (nSPS) is 14.5. The van der Waals surface area contributed by atoms with Crippen LogP contribution in [0.5, 0.6) is 0 Å². The van der Waals surface area contributed by atoms with E-state index in [-0.39, 0.29) is 0 Å². The molecule has 172 valence electrons. The van der Waals surface area contributed by atoms with Crippen LogP contribution in [0, 0.1) is 0 Å². The van der Waals surface area contributed by atoms with Gasteiger partial charge in [0.05, 0.1) is 33.5 Å². The summed E-state index contributed by atoms with van der Waals surface area (Å²) in [6, 6.07) is 2.40. The first-order valence-electron chi connectivity index (χ1n) is 11.2. The Kier molecular flexibility index (Phi) is 17.3. The van der Waals surface area contributed by atoms with E-state index < -0.39 is 0 Å².